The molecule has 3 aromatic rings. The second kappa shape index (κ2) is 10.4. The number of nitrogens with zero attached hydrogens (tertiary/aromatic N) is 1. The highest BCUT2D eigenvalue weighted by molar-refractivity contribution is 5.99. The highest BCUT2D eigenvalue weighted by Gasteiger charge is 2.42. The van der Waals surface area contributed by atoms with Crippen LogP contribution in [0.15, 0.2) is 52.2 Å². The van der Waals surface area contributed by atoms with Crippen LogP contribution >= 0.6 is 0 Å². The van der Waals surface area contributed by atoms with Crippen LogP contribution in [-0.2, 0) is 0 Å². The molecule has 184 valence electrons. The fourth-order valence-electron chi connectivity index (χ4n) is 4.87. The van der Waals surface area contributed by atoms with Crippen LogP contribution in [0.1, 0.15) is 71.5 Å². The first kappa shape index (κ1) is 24.6. The van der Waals surface area contributed by atoms with Gasteiger partial charge in [-0.3, -0.25) is 9.59 Å². The predicted molar refractivity (Wildman–Crippen MR) is 138 cm³/mol. The molecule has 1 unspecified atom stereocenters. The Kier molecular flexibility index (Phi) is 7.29. The van der Waals surface area contributed by atoms with Crippen LogP contribution in [0.25, 0.3) is 11.0 Å². The summed E-state index contributed by atoms with van der Waals surface area (Å²) in [6, 6.07) is 8.73. The summed E-state index contributed by atoms with van der Waals surface area (Å²) in [5.74, 6) is 0.978. The molecule has 1 aliphatic rings. The number of ether oxygens (including phenoxy) is 2. The highest BCUT2D eigenvalue weighted by atomic mass is 16.5. The molecule has 6 nitrogen and oxygen atoms in total. The van der Waals surface area contributed by atoms with Crippen molar-refractivity contribution in [2.24, 2.45) is 0 Å². The number of carbonyl (C=O) groups is 1. The van der Waals surface area contributed by atoms with E-state index in [1.165, 1.54) is 12.8 Å². The molecule has 0 saturated heterocycles. The third kappa shape index (κ3) is 4.57. The van der Waals surface area contributed by atoms with Crippen molar-refractivity contribution in [1.82, 2.24) is 4.90 Å². The average molecular weight is 476 g/mol. The Balaban J connectivity index is 1.79. The van der Waals surface area contributed by atoms with Crippen molar-refractivity contribution in [2.75, 3.05) is 20.3 Å². The number of hydrogen-bond acceptors (Lipinski definition) is 5. The second-order valence-electron chi connectivity index (χ2n) is 9.10. The zero-order valence-electron chi connectivity index (χ0n) is 21.0. The van der Waals surface area contributed by atoms with E-state index >= 15 is 0 Å². The smallest absolute Gasteiger partial charge is 0.291 e. The molecule has 1 amide bonds. The lowest BCUT2D eigenvalue weighted by molar-refractivity contribution is 0.0748. The first-order valence-corrected chi connectivity index (χ1v) is 12.2. The molecule has 6 heteroatoms. The van der Waals surface area contributed by atoms with Crippen molar-refractivity contribution < 1.29 is 18.7 Å². The minimum Gasteiger partial charge on any atom is -0.493 e. The van der Waals surface area contributed by atoms with Crippen LogP contribution in [0.3, 0.4) is 0 Å². The molecular weight excluding hydrogens is 442 g/mol. The number of fused-ring (bicyclic) bond motifs is 2. The Morgan fingerprint density at radius 2 is 1.89 bits per heavy atom. The molecule has 0 N–H and O–H groups in total. The molecular formula is C29H33NO5. The minimum absolute atomic E-state index is 0.0922. The van der Waals surface area contributed by atoms with Crippen molar-refractivity contribution >= 4 is 16.9 Å². The van der Waals surface area contributed by atoms with E-state index in [2.05, 4.69) is 13.5 Å². The number of carbonyl (C=O) groups excluding carboxylic acids is 1. The molecule has 0 radical (unpaired) electrons. The summed E-state index contributed by atoms with van der Waals surface area (Å²) in [5, 5.41) is 0.506. The summed E-state index contributed by atoms with van der Waals surface area (Å²) in [5.41, 5.74) is 3.16. The van der Waals surface area contributed by atoms with E-state index in [0.717, 1.165) is 29.5 Å². The van der Waals surface area contributed by atoms with Gasteiger partial charge in [0.1, 0.15) is 5.58 Å². The molecule has 1 atom stereocenters. The molecule has 2 aromatic carbocycles. The number of methoxy groups -OCH3 is 1. The Morgan fingerprint density at radius 1 is 1.09 bits per heavy atom. The summed E-state index contributed by atoms with van der Waals surface area (Å²) >= 11 is 0. The van der Waals surface area contributed by atoms with Crippen molar-refractivity contribution in [3.8, 4) is 11.5 Å². The Hall–Kier alpha value is -3.54. The molecule has 1 aromatic heterocycles. The lowest BCUT2D eigenvalue weighted by Gasteiger charge is -2.24. The molecule has 0 saturated carbocycles. The maximum Gasteiger partial charge on any atom is 0.291 e. The third-order valence-corrected chi connectivity index (χ3v) is 6.50. The van der Waals surface area contributed by atoms with Crippen LogP contribution in [0, 0.1) is 13.8 Å². The lowest BCUT2D eigenvalue weighted by Crippen LogP contribution is -2.29. The summed E-state index contributed by atoms with van der Waals surface area (Å²) < 4.78 is 17.7. The standard InChI is InChI=1S/C29H33NO5/c1-6-8-9-10-14-34-21-12-11-20(17-22(21)33-5)26-25-27(31)24-19(4)15-18(3)16-23(24)35-28(25)29(32)30(26)13-7-2/h7,11-12,15-17,26H,2,6,8-10,13-14H2,1,3-5H3. The van der Waals surface area contributed by atoms with Crippen molar-refractivity contribution in [3.63, 3.8) is 0 Å². The van der Waals surface area contributed by atoms with Crippen LogP contribution in [0.2, 0.25) is 0 Å². The van der Waals surface area contributed by atoms with E-state index in [1.54, 1.807) is 24.2 Å². The van der Waals surface area contributed by atoms with Gasteiger partial charge >= 0.3 is 0 Å². The second-order valence-corrected chi connectivity index (χ2v) is 9.10. The SMILES string of the molecule is C=CCN1C(=O)c2oc3cc(C)cc(C)c3c(=O)c2C1c1ccc(OCCCCCC)c(OC)c1. The molecule has 4 rings (SSSR count). The minimum atomic E-state index is -0.607. The van der Waals surface area contributed by atoms with Gasteiger partial charge in [0.2, 0.25) is 5.76 Å². The number of unbranched alkanes of at least 4 members (excludes halogenated alkanes) is 3. The van der Waals surface area contributed by atoms with Gasteiger partial charge in [-0.1, -0.05) is 44.4 Å². The van der Waals surface area contributed by atoms with Crippen molar-refractivity contribution in [2.45, 2.75) is 52.5 Å². The average Bonchev–Trinajstić information content (AvgIpc) is 3.10. The maximum absolute atomic E-state index is 13.8. The zero-order chi connectivity index (χ0) is 25.1. The number of aryl methyl sites for hydroxylation is 2. The summed E-state index contributed by atoms with van der Waals surface area (Å²) in [6.07, 6.45) is 6.11. The zero-order valence-corrected chi connectivity index (χ0v) is 21.0. The van der Waals surface area contributed by atoms with Crippen molar-refractivity contribution in [3.05, 3.63) is 81.2 Å². The van der Waals surface area contributed by atoms with Gasteiger partial charge in [-0.15, -0.1) is 6.58 Å². The number of hydrogen-bond donors (Lipinski definition) is 0. The fourth-order valence-corrected chi connectivity index (χ4v) is 4.87. The van der Waals surface area contributed by atoms with E-state index in [9.17, 15) is 9.59 Å². The summed E-state index contributed by atoms with van der Waals surface area (Å²) in [4.78, 5) is 28.7. The highest BCUT2D eigenvalue weighted by Crippen LogP contribution is 2.41. The quantitative estimate of drug-likeness (QED) is 0.261. The van der Waals surface area contributed by atoms with Gasteiger partial charge < -0.3 is 18.8 Å². The number of benzene rings is 2. The monoisotopic (exact) mass is 475 g/mol. The van der Waals surface area contributed by atoms with Crippen LogP contribution in [0.5, 0.6) is 11.5 Å². The van der Waals surface area contributed by atoms with Gasteiger partial charge in [-0.2, -0.15) is 0 Å². The van der Waals surface area contributed by atoms with E-state index in [-0.39, 0.29) is 23.6 Å². The summed E-state index contributed by atoms with van der Waals surface area (Å²) in [6.45, 7) is 10.7. The normalized spacial score (nSPS) is 14.9. The Bertz CT molecular complexity index is 1320. The first-order chi connectivity index (χ1) is 16.9. The largest absolute Gasteiger partial charge is 0.493 e. The number of rotatable bonds is 10. The molecule has 0 aliphatic carbocycles. The van der Waals surface area contributed by atoms with E-state index in [4.69, 9.17) is 13.9 Å². The van der Waals surface area contributed by atoms with Crippen molar-refractivity contribution in [1.29, 1.82) is 0 Å². The molecule has 1 aliphatic heterocycles. The van der Waals surface area contributed by atoms with E-state index < -0.39 is 6.04 Å². The first-order valence-electron chi connectivity index (χ1n) is 12.2. The van der Waals surface area contributed by atoms with E-state index in [1.807, 2.05) is 38.1 Å². The molecule has 0 spiro atoms. The lowest BCUT2D eigenvalue weighted by atomic mass is 9.96. The van der Waals surface area contributed by atoms with Gasteiger partial charge in [-0.05, 0) is 55.2 Å². The maximum atomic E-state index is 13.8. The van der Waals surface area contributed by atoms with Gasteiger partial charge in [0.25, 0.3) is 5.91 Å². The molecule has 0 fully saturated rings. The summed E-state index contributed by atoms with van der Waals surface area (Å²) in [7, 11) is 1.59. The number of amides is 1. The van der Waals surface area contributed by atoms with Gasteiger partial charge in [0, 0.05) is 6.54 Å². The Morgan fingerprint density at radius 3 is 2.60 bits per heavy atom. The topological polar surface area (TPSA) is 69.0 Å². The van der Waals surface area contributed by atoms with Crippen LogP contribution in [0.4, 0.5) is 0 Å². The van der Waals surface area contributed by atoms with Crippen LogP contribution < -0.4 is 14.9 Å². The predicted octanol–water partition coefficient (Wildman–Crippen LogP) is 6.11. The molecule has 35 heavy (non-hydrogen) atoms. The third-order valence-electron chi connectivity index (χ3n) is 6.50. The van der Waals surface area contributed by atoms with Gasteiger partial charge in [0.15, 0.2) is 16.9 Å². The van der Waals surface area contributed by atoms with E-state index in [0.29, 0.717) is 34.6 Å². The fraction of sp³-hybridized carbons (Fsp3) is 0.379. The Labute approximate surface area is 206 Å². The van der Waals surface area contributed by atoms with Crippen LogP contribution in [-0.4, -0.2) is 31.1 Å². The molecule has 0 bridgehead atoms. The molecule has 2 heterocycles. The van der Waals surface area contributed by atoms with Gasteiger partial charge in [-0.25, -0.2) is 0 Å². The van der Waals surface area contributed by atoms with Gasteiger partial charge in [0.05, 0.1) is 30.7 Å².